The Labute approximate surface area is 135 Å². The van der Waals surface area contributed by atoms with Gasteiger partial charge in [0.05, 0.1) is 0 Å². The third-order valence-corrected chi connectivity index (χ3v) is 4.29. The minimum Gasteiger partial charge on any atom is -0.415 e. The summed E-state index contributed by atoms with van der Waals surface area (Å²) in [5.74, 6) is 1.18. The van der Waals surface area contributed by atoms with Crippen molar-refractivity contribution in [1.82, 2.24) is 0 Å². The molecule has 0 unspecified atom stereocenters. The lowest BCUT2D eigenvalue weighted by Crippen LogP contribution is -2.22. The highest BCUT2D eigenvalue weighted by molar-refractivity contribution is 5.66. The Morgan fingerprint density at radius 1 is 0.826 bits per heavy atom. The molecule has 0 spiro atoms. The lowest BCUT2D eigenvalue weighted by atomic mass is 9.71. The van der Waals surface area contributed by atoms with Crippen molar-refractivity contribution in [3.05, 3.63) is 47.0 Å². The molecule has 0 bridgehead atoms. The van der Waals surface area contributed by atoms with Crippen LogP contribution < -0.4 is 11.5 Å². The smallest absolute Gasteiger partial charge is 0.409 e. The van der Waals surface area contributed by atoms with Crippen LogP contribution in [0.1, 0.15) is 39.5 Å². The number of carbonyl (C=O) groups is 2. The summed E-state index contributed by atoms with van der Waals surface area (Å²) in [6.45, 7) is 4.32. The van der Waals surface area contributed by atoms with E-state index in [1.54, 1.807) is 12.2 Å². The van der Waals surface area contributed by atoms with Crippen LogP contribution in [0.4, 0.5) is 9.59 Å². The van der Waals surface area contributed by atoms with Gasteiger partial charge in [0.25, 0.3) is 0 Å². The maximum Gasteiger partial charge on any atom is 0.409 e. The van der Waals surface area contributed by atoms with Crippen LogP contribution in [0.2, 0.25) is 0 Å². The molecule has 0 fully saturated rings. The summed E-state index contributed by atoms with van der Waals surface area (Å²) in [4.78, 5) is 21.6. The van der Waals surface area contributed by atoms with Crippen LogP contribution in [0, 0.1) is 5.41 Å². The van der Waals surface area contributed by atoms with Gasteiger partial charge in [0, 0.05) is 18.3 Å². The normalized spacial score (nSPS) is 18.2. The number of hydrogen-bond donors (Lipinski definition) is 2. The Morgan fingerprint density at radius 3 is 1.48 bits per heavy atom. The van der Waals surface area contributed by atoms with Gasteiger partial charge in [0.2, 0.25) is 0 Å². The molecule has 2 aliphatic carbocycles. The average Bonchev–Trinajstić information content (AvgIpc) is 2.47. The summed E-state index contributed by atoms with van der Waals surface area (Å²) in [5, 5.41) is 0. The summed E-state index contributed by atoms with van der Waals surface area (Å²) in [6, 6.07) is 0. The highest BCUT2D eigenvalue weighted by atomic mass is 16.6. The first kappa shape index (κ1) is 16.9. The molecular weight excluding hydrogens is 296 g/mol. The Kier molecular flexibility index (Phi) is 4.93. The van der Waals surface area contributed by atoms with Crippen molar-refractivity contribution >= 4 is 12.2 Å². The van der Waals surface area contributed by atoms with Crippen LogP contribution in [0.25, 0.3) is 0 Å². The first-order chi connectivity index (χ1) is 10.8. The SMILES string of the molecule is CC(C)(C1=CC=C(OC(N)=O)CC1)C1=CC=C(OC(N)=O)CC1. The lowest BCUT2D eigenvalue weighted by molar-refractivity contribution is 0.182. The quantitative estimate of drug-likeness (QED) is 0.828. The van der Waals surface area contributed by atoms with E-state index >= 15 is 0 Å². The number of primary amides is 2. The number of ether oxygens (including phenoxy) is 2. The molecule has 23 heavy (non-hydrogen) atoms. The lowest BCUT2D eigenvalue weighted by Gasteiger charge is -2.34. The Hall–Kier alpha value is -2.50. The maximum atomic E-state index is 10.8. The number of nitrogens with two attached hydrogens (primary N) is 2. The van der Waals surface area contributed by atoms with Crippen LogP contribution >= 0.6 is 0 Å². The van der Waals surface area contributed by atoms with E-state index in [9.17, 15) is 9.59 Å². The van der Waals surface area contributed by atoms with Gasteiger partial charge in [-0.1, -0.05) is 37.1 Å². The van der Waals surface area contributed by atoms with E-state index in [-0.39, 0.29) is 5.41 Å². The van der Waals surface area contributed by atoms with E-state index in [0.29, 0.717) is 24.4 Å². The van der Waals surface area contributed by atoms with Gasteiger partial charge in [0.1, 0.15) is 11.5 Å². The van der Waals surface area contributed by atoms with Gasteiger partial charge in [-0.25, -0.2) is 9.59 Å². The summed E-state index contributed by atoms with van der Waals surface area (Å²) in [5.41, 5.74) is 12.4. The number of rotatable bonds is 4. The van der Waals surface area contributed by atoms with Gasteiger partial charge in [-0.3, -0.25) is 0 Å². The molecule has 0 radical (unpaired) electrons. The minimum atomic E-state index is -0.783. The summed E-state index contributed by atoms with van der Waals surface area (Å²) in [7, 11) is 0. The predicted molar refractivity (Wildman–Crippen MR) is 85.9 cm³/mol. The Bertz CT molecular complexity index is 585. The third kappa shape index (κ3) is 4.25. The topological polar surface area (TPSA) is 105 Å². The first-order valence-corrected chi connectivity index (χ1v) is 7.54. The molecule has 2 rings (SSSR count). The fraction of sp³-hybridized carbons (Fsp3) is 0.412. The molecule has 0 saturated heterocycles. The van der Waals surface area contributed by atoms with Gasteiger partial charge in [-0.05, 0) is 25.0 Å². The number of hydrogen-bond acceptors (Lipinski definition) is 4. The van der Waals surface area contributed by atoms with Crippen molar-refractivity contribution in [2.45, 2.75) is 39.5 Å². The van der Waals surface area contributed by atoms with Crippen molar-refractivity contribution in [3.63, 3.8) is 0 Å². The zero-order chi connectivity index (χ0) is 17.0. The summed E-state index contributed by atoms with van der Waals surface area (Å²) < 4.78 is 9.84. The Balaban J connectivity index is 2.13. The standard InChI is InChI=1S/C17H22N2O4/c1-17(2,11-3-7-13(8-4-11)22-15(18)20)12-5-9-14(10-6-12)23-16(19)21/h3,5,7,9H,4,6,8,10H2,1-2H3,(H2,18,20)(H2,19,21). The zero-order valence-electron chi connectivity index (χ0n) is 13.4. The molecule has 0 heterocycles. The number of carbonyl (C=O) groups excluding carboxylic acids is 2. The zero-order valence-corrected chi connectivity index (χ0v) is 13.4. The summed E-state index contributed by atoms with van der Waals surface area (Å²) >= 11 is 0. The largest absolute Gasteiger partial charge is 0.415 e. The molecule has 2 amide bonds. The molecule has 6 heteroatoms. The van der Waals surface area contributed by atoms with Gasteiger partial charge < -0.3 is 20.9 Å². The minimum absolute atomic E-state index is 0.122. The second-order valence-electron chi connectivity index (χ2n) is 6.12. The van der Waals surface area contributed by atoms with E-state index < -0.39 is 12.2 Å². The van der Waals surface area contributed by atoms with Crippen molar-refractivity contribution < 1.29 is 19.1 Å². The van der Waals surface area contributed by atoms with Crippen molar-refractivity contribution in [1.29, 1.82) is 0 Å². The van der Waals surface area contributed by atoms with Gasteiger partial charge in [0.15, 0.2) is 0 Å². The van der Waals surface area contributed by atoms with Crippen LogP contribution in [-0.2, 0) is 9.47 Å². The van der Waals surface area contributed by atoms with Crippen LogP contribution in [0.5, 0.6) is 0 Å². The molecule has 0 aliphatic heterocycles. The second kappa shape index (κ2) is 6.73. The summed E-state index contributed by atoms with van der Waals surface area (Å²) in [6.07, 6.45) is 8.91. The highest BCUT2D eigenvalue weighted by Gasteiger charge is 2.30. The van der Waals surface area contributed by atoms with Crippen molar-refractivity contribution in [2.24, 2.45) is 16.9 Å². The highest BCUT2D eigenvalue weighted by Crippen LogP contribution is 2.43. The molecule has 2 aliphatic rings. The van der Waals surface area contributed by atoms with Crippen molar-refractivity contribution in [2.75, 3.05) is 0 Å². The molecule has 0 saturated carbocycles. The number of allylic oxidation sites excluding steroid dienone is 8. The van der Waals surface area contributed by atoms with E-state index in [0.717, 1.165) is 12.8 Å². The molecule has 0 atom stereocenters. The predicted octanol–water partition coefficient (Wildman–Crippen LogP) is 3.41. The molecule has 4 N–H and O–H groups in total. The molecule has 0 aromatic rings. The average molecular weight is 318 g/mol. The van der Waals surface area contributed by atoms with Gasteiger partial charge >= 0.3 is 12.2 Å². The Morgan fingerprint density at radius 2 is 1.22 bits per heavy atom. The van der Waals surface area contributed by atoms with Gasteiger partial charge in [-0.15, -0.1) is 0 Å². The van der Waals surface area contributed by atoms with Gasteiger partial charge in [-0.2, -0.15) is 0 Å². The van der Waals surface area contributed by atoms with E-state index in [1.165, 1.54) is 11.1 Å². The molecule has 0 aromatic carbocycles. The van der Waals surface area contributed by atoms with Crippen LogP contribution in [0.3, 0.4) is 0 Å². The van der Waals surface area contributed by atoms with E-state index in [1.807, 2.05) is 12.2 Å². The first-order valence-electron chi connectivity index (χ1n) is 7.54. The molecule has 6 nitrogen and oxygen atoms in total. The maximum absolute atomic E-state index is 10.8. The van der Waals surface area contributed by atoms with Crippen LogP contribution in [0.15, 0.2) is 47.0 Å². The second-order valence-corrected chi connectivity index (χ2v) is 6.12. The third-order valence-electron chi connectivity index (χ3n) is 4.29. The fourth-order valence-corrected chi connectivity index (χ4v) is 2.91. The molecular formula is C17H22N2O4. The van der Waals surface area contributed by atoms with Crippen LogP contribution in [-0.4, -0.2) is 12.2 Å². The monoisotopic (exact) mass is 318 g/mol. The molecule has 0 aromatic heterocycles. The molecule has 124 valence electrons. The fourth-order valence-electron chi connectivity index (χ4n) is 2.91. The van der Waals surface area contributed by atoms with Crippen molar-refractivity contribution in [3.8, 4) is 0 Å². The van der Waals surface area contributed by atoms with E-state index in [2.05, 4.69) is 13.8 Å². The van der Waals surface area contributed by atoms with E-state index in [4.69, 9.17) is 20.9 Å². The number of amides is 2.